The molecule has 2 atom stereocenters. The molecule has 0 aromatic heterocycles. The molecule has 78 valence electrons. The van der Waals surface area contributed by atoms with E-state index in [1.165, 1.54) is 0 Å². The molecule has 3 fully saturated rings. The van der Waals surface area contributed by atoms with Crippen LogP contribution in [0.15, 0.2) is 0 Å². The Balaban J connectivity index is 2.27. The van der Waals surface area contributed by atoms with Gasteiger partial charge in [-0.25, -0.2) is 0 Å². The highest BCUT2D eigenvalue weighted by Gasteiger charge is 2.34. The van der Waals surface area contributed by atoms with E-state index in [4.69, 9.17) is 24.4 Å². The highest BCUT2D eigenvalue weighted by molar-refractivity contribution is 8.89. The van der Waals surface area contributed by atoms with E-state index in [2.05, 4.69) is 23.6 Å². The van der Waals surface area contributed by atoms with Gasteiger partial charge in [-0.1, -0.05) is 24.4 Å². The number of thiocarbonyl (C=S) groups is 2. The van der Waals surface area contributed by atoms with Crippen LogP contribution in [-0.4, -0.2) is 43.6 Å². The Morgan fingerprint density at radius 1 is 1.00 bits per heavy atom. The van der Waals surface area contributed by atoms with E-state index in [-0.39, 0.29) is 0 Å². The SMILES string of the molecule is CC1CN2C(=S)SSC(=S)N1CC2C. The van der Waals surface area contributed by atoms with Gasteiger partial charge in [0.15, 0.2) is 0 Å². The smallest absolute Gasteiger partial charge is 0.147 e. The summed E-state index contributed by atoms with van der Waals surface area (Å²) < 4.78 is 1.96. The number of nitrogens with zero attached hydrogens (tertiary/aromatic N) is 2. The second-order valence-electron chi connectivity index (χ2n) is 3.70. The summed E-state index contributed by atoms with van der Waals surface area (Å²) in [4.78, 5) is 4.63. The lowest BCUT2D eigenvalue weighted by atomic mass is 10.1. The van der Waals surface area contributed by atoms with Gasteiger partial charge in [0.2, 0.25) is 0 Å². The van der Waals surface area contributed by atoms with Gasteiger partial charge in [0.1, 0.15) is 8.64 Å². The predicted octanol–water partition coefficient (Wildman–Crippen LogP) is 2.35. The average Bonchev–Trinajstić information content (AvgIpc) is 2.15. The van der Waals surface area contributed by atoms with Crippen molar-refractivity contribution >= 4 is 54.7 Å². The molecule has 14 heavy (non-hydrogen) atoms. The van der Waals surface area contributed by atoms with Crippen LogP contribution in [0.2, 0.25) is 0 Å². The minimum atomic E-state index is 0.491. The molecule has 0 aliphatic carbocycles. The van der Waals surface area contributed by atoms with E-state index in [9.17, 15) is 0 Å². The second-order valence-corrected chi connectivity index (χ2v) is 7.10. The zero-order valence-corrected chi connectivity index (χ0v) is 11.4. The van der Waals surface area contributed by atoms with E-state index in [1.807, 2.05) is 0 Å². The second kappa shape index (κ2) is 4.15. The van der Waals surface area contributed by atoms with Crippen LogP contribution in [0.25, 0.3) is 0 Å². The lowest BCUT2D eigenvalue weighted by Crippen LogP contribution is -2.59. The fourth-order valence-electron chi connectivity index (χ4n) is 1.80. The minimum Gasteiger partial charge on any atom is -0.350 e. The van der Waals surface area contributed by atoms with Gasteiger partial charge >= 0.3 is 0 Å². The summed E-state index contributed by atoms with van der Waals surface area (Å²) in [6.07, 6.45) is 0. The first kappa shape index (κ1) is 11.0. The van der Waals surface area contributed by atoms with Crippen molar-refractivity contribution in [3.8, 4) is 0 Å². The van der Waals surface area contributed by atoms with E-state index >= 15 is 0 Å². The first-order valence-corrected chi connectivity index (χ1v) is 7.52. The van der Waals surface area contributed by atoms with Crippen molar-refractivity contribution in [3.05, 3.63) is 0 Å². The zero-order chi connectivity index (χ0) is 10.3. The van der Waals surface area contributed by atoms with Crippen molar-refractivity contribution in [2.75, 3.05) is 13.1 Å². The Morgan fingerprint density at radius 3 is 1.71 bits per heavy atom. The maximum Gasteiger partial charge on any atom is 0.147 e. The van der Waals surface area contributed by atoms with Crippen LogP contribution in [0.1, 0.15) is 13.8 Å². The van der Waals surface area contributed by atoms with Crippen LogP contribution < -0.4 is 0 Å². The molecule has 2 nitrogen and oxygen atoms in total. The highest BCUT2D eigenvalue weighted by atomic mass is 33.1. The van der Waals surface area contributed by atoms with Crippen molar-refractivity contribution in [2.24, 2.45) is 0 Å². The number of piperazine rings is 1. The zero-order valence-electron chi connectivity index (χ0n) is 8.10. The maximum atomic E-state index is 5.37. The van der Waals surface area contributed by atoms with E-state index < -0.39 is 0 Å². The molecule has 6 heteroatoms. The number of hydrogen-bond acceptors (Lipinski definition) is 4. The van der Waals surface area contributed by atoms with Crippen molar-refractivity contribution in [2.45, 2.75) is 25.9 Å². The topological polar surface area (TPSA) is 6.48 Å². The first-order chi connectivity index (χ1) is 6.59. The van der Waals surface area contributed by atoms with E-state index in [0.29, 0.717) is 12.1 Å². The molecule has 0 spiro atoms. The van der Waals surface area contributed by atoms with Gasteiger partial charge in [0.05, 0.1) is 0 Å². The maximum absolute atomic E-state index is 5.37. The molecule has 0 radical (unpaired) electrons. The van der Waals surface area contributed by atoms with Crippen molar-refractivity contribution < 1.29 is 0 Å². The summed E-state index contributed by atoms with van der Waals surface area (Å²) in [7, 11) is 3.24. The molecule has 3 heterocycles. The lowest BCUT2D eigenvalue weighted by Gasteiger charge is -2.47. The largest absolute Gasteiger partial charge is 0.350 e. The van der Waals surface area contributed by atoms with E-state index in [1.54, 1.807) is 21.6 Å². The quantitative estimate of drug-likeness (QED) is 0.486. The monoisotopic (exact) mass is 264 g/mol. The molecule has 3 saturated heterocycles. The van der Waals surface area contributed by atoms with Gasteiger partial charge in [-0.05, 0) is 35.4 Å². The Kier molecular flexibility index (Phi) is 3.26. The summed E-state index contributed by atoms with van der Waals surface area (Å²) in [6, 6.07) is 0.982. The van der Waals surface area contributed by atoms with Crippen molar-refractivity contribution in [1.29, 1.82) is 0 Å². The third-order valence-corrected chi connectivity index (χ3v) is 6.28. The van der Waals surface area contributed by atoms with Crippen LogP contribution in [0, 0.1) is 0 Å². The molecule has 3 rings (SSSR count). The summed E-state index contributed by atoms with van der Waals surface area (Å²) in [5, 5.41) is 0. The molecular formula is C8H12N2S4. The molecule has 0 amide bonds. The Hall–Kier alpha value is 0.480. The summed E-state index contributed by atoms with van der Waals surface area (Å²) in [5.41, 5.74) is 0. The number of rotatable bonds is 0. The number of fused-ring (bicyclic) bond motifs is 5. The van der Waals surface area contributed by atoms with Crippen LogP contribution >= 0.6 is 46.0 Å². The van der Waals surface area contributed by atoms with Gasteiger partial charge in [0.25, 0.3) is 0 Å². The summed E-state index contributed by atoms with van der Waals surface area (Å²) >= 11 is 10.7. The summed E-state index contributed by atoms with van der Waals surface area (Å²) in [5.74, 6) is 0. The van der Waals surface area contributed by atoms with Gasteiger partial charge < -0.3 is 9.80 Å². The third kappa shape index (κ3) is 1.89. The first-order valence-electron chi connectivity index (χ1n) is 4.55. The minimum absolute atomic E-state index is 0.491. The Labute approximate surface area is 103 Å². The molecule has 2 unspecified atom stereocenters. The molecular weight excluding hydrogens is 252 g/mol. The third-order valence-electron chi connectivity index (χ3n) is 2.64. The van der Waals surface area contributed by atoms with E-state index in [0.717, 1.165) is 21.7 Å². The van der Waals surface area contributed by atoms with Crippen molar-refractivity contribution in [3.63, 3.8) is 0 Å². The Morgan fingerprint density at radius 2 is 1.36 bits per heavy atom. The van der Waals surface area contributed by atoms with Crippen LogP contribution in [0.5, 0.6) is 0 Å². The Bertz CT molecular complexity index is 253. The molecule has 2 bridgehead atoms. The fraction of sp³-hybridized carbons (Fsp3) is 0.750. The van der Waals surface area contributed by atoms with Crippen molar-refractivity contribution in [1.82, 2.24) is 9.80 Å². The predicted molar refractivity (Wildman–Crippen MR) is 72.7 cm³/mol. The fourth-order valence-corrected chi connectivity index (χ4v) is 4.77. The molecule has 0 saturated carbocycles. The standard InChI is InChI=1S/C8H12N2S4/c1-5-3-10-6(2)4-9(5)7(11)13-14-8(10)12/h5-6H,3-4H2,1-2H3. The molecule has 3 aliphatic rings. The summed E-state index contributed by atoms with van der Waals surface area (Å²) in [6.45, 7) is 6.44. The highest BCUT2D eigenvalue weighted by Crippen LogP contribution is 2.35. The lowest BCUT2D eigenvalue weighted by molar-refractivity contribution is 0.155. The van der Waals surface area contributed by atoms with Gasteiger partial charge in [0, 0.05) is 25.2 Å². The van der Waals surface area contributed by atoms with Gasteiger partial charge in [-0.15, -0.1) is 0 Å². The van der Waals surface area contributed by atoms with Crippen LogP contribution in [0.3, 0.4) is 0 Å². The average molecular weight is 264 g/mol. The van der Waals surface area contributed by atoms with Gasteiger partial charge in [-0.3, -0.25) is 0 Å². The molecule has 3 aliphatic heterocycles. The van der Waals surface area contributed by atoms with Crippen LogP contribution in [0.4, 0.5) is 0 Å². The molecule has 0 N–H and O–H groups in total. The molecule has 0 aromatic carbocycles. The van der Waals surface area contributed by atoms with Gasteiger partial charge in [-0.2, -0.15) is 0 Å². The molecule has 0 aromatic rings. The normalized spacial score (nSPS) is 33.3. The van der Waals surface area contributed by atoms with Crippen LogP contribution in [-0.2, 0) is 0 Å². The number of hydrogen-bond donors (Lipinski definition) is 0.